The average Bonchev–Trinajstić information content (AvgIpc) is 3.36. The van der Waals surface area contributed by atoms with Gasteiger partial charge in [-0.15, -0.1) is 0 Å². The summed E-state index contributed by atoms with van der Waals surface area (Å²) in [7, 11) is 0. The first-order chi connectivity index (χ1) is 17.4. The van der Waals surface area contributed by atoms with E-state index in [1.165, 1.54) is 16.1 Å². The van der Waals surface area contributed by atoms with Crippen molar-refractivity contribution in [1.29, 1.82) is 0 Å². The van der Waals surface area contributed by atoms with Crippen LogP contribution in [-0.2, 0) is 9.59 Å². The van der Waals surface area contributed by atoms with Gasteiger partial charge in [-0.2, -0.15) is 10.2 Å². The lowest BCUT2D eigenvalue weighted by Crippen LogP contribution is -2.40. The number of nitro benzene ring substituents is 1. The van der Waals surface area contributed by atoms with E-state index >= 15 is 0 Å². The highest BCUT2D eigenvalue weighted by Gasteiger charge is 2.51. The van der Waals surface area contributed by atoms with Crippen LogP contribution in [0.25, 0.3) is 0 Å². The van der Waals surface area contributed by atoms with Crippen molar-refractivity contribution in [2.45, 2.75) is 19.8 Å². The molecule has 3 aromatic rings. The summed E-state index contributed by atoms with van der Waals surface area (Å²) < 4.78 is 0. The first kappa shape index (κ1) is 23.1. The molecule has 0 fully saturated rings. The van der Waals surface area contributed by atoms with Crippen LogP contribution in [0, 0.1) is 22.0 Å². The van der Waals surface area contributed by atoms with E-state index < -0.39 is 22.7 Å². The summed E-state index contributed by atoms with van der Waals surface area (Å²) in [6.45, 7) is 3.43. The van der Waals surface area contributed by atoms with Gasteiger partial charge >= 0.3 is 0 Å². The SMILES string of the molecule is CC1=NN(c2ccccc2)C(=O)C1C(c1ccccc1[N+](=O)[O-])C1C(=O)N(c2ccccc2)N=C1C. The highest BCUT2D eigenvalue weighted by Crippen LogP contribution is 2.45. The molecule has 0 spiro atoms. The molecule has 2 amide bonds. The second kappa shape index (κ2) is 9.18. The summed E-state index contributed by atoms with van der Waals surface area (Å²) >= 11 is 0. The number of carbonyl (C=O) groups is 2. The molecular weight excluding hydrogens is 458 g/mol. The van der Waals surface area contributed by atoms with E-state index in [1.807, 2.05) is 12.1 Å². The van der Waals surface area contributed by atoms with E-state index in [1.54, 1.807) is 80.6 Å². The molecule has 2 aliphatic heterocycles. The Labute approximate surface area is 207 Å². The van der Waals surface area contributed by atoms with Gasteiger partial charge in [-0.05, 0) is 38.1 Å². The number of hydrogen-bond donors (Lipinski definition) is 0. The summed E-state index contributed by atoms with van der Waals surface area (Å²) in [5.41, 5.74) is 2.27. The first-order valence-corrected chi connectivity index (χ1v) is 11.5. The van der Waals surface area contributed by atoms with E-state index in [4.69, 9.17) is 0 Å². The fraction of sp³-hybridized carbons (Fsp3) is 0.185. The van der Waals surface area contributed by atoms with Gasteiger partial charge in [0.15, 0.2) is 0 Å². The van der Waals surface area contributed by atoms with E-state index in [9.17, 15) is 19.7 Å². The fourth-order valence-corrected chi connectivity index (χ4v) is 4.98. The van der Waals surface area contributed by atoms with Crippen molar-refractivity contribution < 1.29 is 14.5 Å². The largest absolute Gasteiger partial charge is 0.272 e. The Morgan fingerprint density at radius 2 is 1.14 bits per heavy atom. The third-order valence-electron chi connectivity index (χ3n) is 6.58. The maximum Gasteiger partial charge on any atom is 0.272 e. The molecule has 2 heterocycles. The molecule has 180 valence electrons. The van der Waals surface area contributed by atoms with Crippen molar-refractivity contribution >= 4 is 40.3 Å². The Morgan fingerprint density at radius 3 is 1.58 bits per heavy atom. The van der Waals surface area contributed by atoms with E-state index in [2.05, 4.69) is 10.2 Å². The summed E-state index contributed by atoms with van der Waals surface area (Å²) in [6.07, 6.45) is 0. The van der Waals surface area contributed by atoms with Crippen molar-refractivity contribution in [1.82, 2.24) is 0 Å². The van der Waals surface area contributed by atoms with Gasteiger partial charge in [0.25, 0.3) is 17.5 Å². The summed E-state index contributed by atoms with van der Waals surface area (Å²) in [5, 5.41) is 23.6. The summed E-state index contributed by atoms with van der Waals surface area (Å²) in [5.74, 6) is -3.34. The molecule has 0 radical (unpaired) electrons. The maximum absolute atomic E-state index is 13.8. The smallest absolute Gasteiger partial charge is 0.272 e. The molecule has 9 heteroatoms. The van der Waals surface area contributed by atoms with Crippen LogP contribution in [0.2, 0.25) is 0 Å². The van der Waals surface area contributed by atoms with Gasteiger partial charge in [0.2, 0.25) is 0 Å². The Hall–Kier alpha value is -4.66. The quantitative estimate of drug-likeness (QED) is 0.374. The third-order valence-corrected chi connectivity index (χ3v) is 6.58. The van der Waals surface area contributed by atoms with Gasteiger partial charge in [0, 0.05) is 29.0 Å². The van der Waals surface area contributed by atoms with Crippen LogP contribution in [-0.4, -0.2) is 28.2 Å². The Kier molecular flexibility index (Phi) is 5.89. The lowest BCUT2D eigenvalue weighted by Gasteiger charge is -2.28. The van der Waals surface area contributed by atoms with Crippen molar-refractivity contribution in [3.05, 3.63) is 101 Å². The molecule has 2 aliphatic rings. The summed E-state index contributed by atoms with van der Waals surface area (Å²) in [4.78, 5) is 39.1. The molecule has 2 atom stereocenters. The van der Waals surface area contributed by atoms with Crippen molar-refractivity contribution in [2.24, 2.45) is 22.0 Å². The minimum absolute atomic E-state index is 0.153. The van der Waals surface area contributed by atoms with Gasteiger partial charge in [-0.25, -0.2) is 10.0 Å². The van der Waals surface area contributed by atoms with Gasteiger partial charge < -0.3 is 0 Å². The lowest BCUT2D eigenvalue weighted by atomic mass is 9.72. The standard InChI is InChI=1S/C27H23N5O4/c1-17-23(26(33)30(28-17)19-11-5-3-6-12-19)25(21-15-9-10-16-22(21)32(35)36)24-18(2)29-31(27(24)34)20-13-7-4-8-14-20/h3-16,23-25H,1-2H3. The molecule has 0 N–H and O–H groups in total. The molecule has 36 heavy (non-hydrogen) atoms. The molecule has 5 rings (SSSR count). The minimum Gasteiger partial charge on any atom is -0.272 e. The monoisotopic (exact) mass is 481 g/mol. The zero-order valence-corrected chi connectivity index (χ0v) is 19.7. The number of amides is 2. The highest BCUT2D eigenvalue weighted by molar-refractivity contribution is 6.19. The number of para-hydroxylation sites is 3. The molecule has 0 bridgehead atoms. The molecule has 0 saturated heterocycles. The number of rotatable bonds is 6. The molecule has 0 aliphatic carbocycles. The Morgan fingerprint density at radius 1 is 0.722 bits per heavy atom. The Bertz CT molecular complexity index is 1320. The van der Waals surface area contributed by atoms with Crippen molar-refractivity contribution in [3.63, 3.8) is 0 Å². The Balaban J connectivity index is 1.63. The lowest BCUT2D eigenvalue weighted by molar-refractivity contribution is -0.385. The summed E-state index contributed by atoms with van der Waals surface area (Å²) in [6, 6.07) is 24.2. The molecule has 0 saturated carbocycles. The van der Waals surface area contributed by atoms with Crippen LogP contribution < -0.4 is 10.0 Å². The topological polar surface area (TPSA) is 108 Å². The number of anilines is 2. The predicted octanol–water partition coefficient (Wildman–Crippen LogP) is 4.76. The van der Waals surface area contributed by atoms with Gasteiger partial charge in [0.1, 0.15) is 0 Å². The number of hydrazone groups is 2. The maximum atomic E-state index is 13.8. The number of nitrogens with zero attached hydrogens (tertiary/aromatic N) is 5. The van der Waals surface area contributed by atoms with E-state index in [0.717, 1.165) is 0 Å². The first-order valence-electron chi connectivity index (χ1n) is 11.5. The van der Waals surface area contributed by atoms with Crippen LogP contribution in [0.15, 0.2) is 95.1 Å². The molecular formula is C27H23N5O4. The molecule has 3 aromatic carbocycles. The van der Waals surface area contributed by atoms with E-state index in [-0.39, 0.29) is 17.5 Å². The van der Waals surface area contributed by atoms with Crippen LogP contribution in [0.5, 0.6) is 0 Å². The van der Waals surface area contributed by atoms with Gasteiger partial charge in [-0.3, -0.25) is 19.7 Å². The van der Waals surface area contributed by atoms with Crippen LogP contribution >= 0.6 is 0 Å². The number of nitro groups is 1. The van der Waals surface area contributed by atoms with Crippen LogP contribution in [0.4, 0.5) is 17.1 Å². The van der Waals surface area contributed by atoms with Gasteiger partial charge in [-0.1, -0.05) is 54.6 Å². The van der Waals surface area contributed by atoms with Crippen molar-refractivity contribution in [2.75, 3.05) is 10.0 Å². The third kappa shape index (κ3) is 3.84. The second-order valence-electron chi connectivity index (χ2n) is 8.75. The zero-order chi connectivity index (χ0) is 25.4. The highest BCUT2D eigenvalue weighted by atomic mass is 16.6. The fourth-order valence-electron chi connectivity index (χ4n) is 4.98. The average molecular weight is 482 g/mol. The van der Waals surface area contributed by atoms with Crippen molar-refractivity contribution in [3.8, 4) is 0 Å². The number of hydrogen-bond acceptors (Lipinski definition) is 6. The second-order valence-corrected chi connectivity index (χ2v) is 8.75. The normalized spacial score (nSPS) is 20.4. The van der Waals surface area contributed by atoms with Crippen LogP contribution in [0.1, 0.15) is 25.3 Å². The number of carbonyl (C=O) groups excluding carboxylic acids is 2. The predicted molar refractivity (Wildman–Crippen MR) is 137 cm³/mol. The van der Waals surface area contributed by atoms with Crippen LogP contribution in [0.3, 0.4) is 0 Å². The number of benzene rings is 3. The molecule has 0 aromatic heterocycles. The van der Waals surface area contributed by atoms with E-state index in [0.29, 0.717) is 28.4 Å². The molecule has 9 nitrogen and oxygen atoms in total. The van der Waals surface area contributed by atoms with Gasteiger partial charge in [0.05, 0.1) is 28.1 Å². The minimum atomic E-state index is -0.888. The zero-order valence-electron chi connectivity index (χ0n) is 19.7. The molecule has 2 unspecified atom stereocenters.